The van der Waals surface area contributed by atoms with Crippen LogP contribution in [0.5, 0.6) is 0 Å². The van der Waals surface area contributed by atoms with Gasteiger partial charge in [-0.15, -0.1) is 0 Å². The Hall–Kier alpha value is -2.30. The Morgan fingerprint density at radius 2 is 2.25 bits per heavy atom. The van der Waals surface area contributed by atoms with Crippen LogP contribution in [0.15, 0.2) is 35.0 Å². The predicted molar refractivity (Wildman–Crippen MR) is 78.7 cm³/mol. The molecule has 1 unspecified atom stereocenters. The van der Waals surface area contributed by atoms with E-state index in [9.17, 15) is 0 Å². The molecule has 5 heteroatoms. The number of fused-ring (bicyclic) bond motifs is 1. The zero-order chi connectivity index (χ0) is 14.1. The quantitative estimate of drug-likeness (QED) is 0.788. The molecule has 3 aromatic rings. The van der Waals surface area contributed by atoms with Gasteiger partial charge >= 0.3 is 0 Å². The molecule has 2 aromatic heterocycles. The summed E-state index contributed by atoms with van der Waals surface area (Å²) >= 11 is 0. The van der Waals surface area contributed by atoms with Gasteiger partial charge in [-0.3, -0.25) is 4.68 Å². The number of hydrogen-bond acceptors (Lipinski definition) is 4. The molecule has 1 atom stereocenters. The van der Waals surface area contributed by atoms with Crippen molar-refractivity contribution in [3.63, 3.8) is 0 Å². The van der Waals surface area contributed by atoms with Gasteiger partial charge in [0, 0.05) is 30.9 Å². The summed E-state index contributed by atoms with van der Waals surface area (Å²) in [5.41, 5.74) is 3.90. The SMILES string of the molecule is CCn1cc(C(C)Nc2ccc3oc(C)nc3c2)cn1. The summed E-state index contributed by atoms with van der Waals surface area (Å²) in [6.45, 7) is 6.94. The van der Waals surface area contributed by atoms with E-state index < -0.39 is 0 Å². The third-order valence-electron chi connectivity index (χ3n) is 3.35. The van der Waals surface area contributed by atoms with Crippen LogP contribution in [0.1, 0.15) is 31.3 Å². The second-order valence-electron chi connectivity index (χ2n) is 4.91. The number of nitrogens with zero attached hydrogens (tertiary/aromatic N) is 3. The van der Waals surface area contributed by atoms with Gasteiger partial charge in [-0.05, 0) is 32.0 Å². The van der Waals surface area contributed by atoms with Gasteiger partial charge in [0.05, 0.1) is 12.2 Å². The number of nitrogens with one attached hydrogen (secondary N) is 1. The van der Waals surface area contributed by atoms with Crippen LogP contribution in [0.25, 0.3) is 11.1 Å². The molecular weight excluding hydrogens is 252 g/mol. The highest BCUT2D eigenvalue weighted by atomic mass is 16.3. The Morgan fingerprint density at radius 3 is 3.00 bits per heavy atom. The summed E-state index contributed by atoms with van der Waals surface area (Å²) < 4.78 is 7.41. The number of anilines is 1. The minimum absolute atomic E-state index is 0.195. The molecule has 0 aliphatic carbocycles. The minimum Gasteiger partial charge on any atom is -0.441 e. The molecule has 0 aliphatic rings. The molecule has 20 heavy (non-hydrogen) atoms. The summed E-state index contributed by atoms with van der Waals surface area (Å²) in [4.78, 5) is 4.35. The molecule has 0 amide bonds. The normalized spacial score (nSPS) is 12.8. The molecule has 0 spiro atoms. The largest absolute Gasteiger partial charge is 0.441 e. The van der Waals surface area contributed by atoms with Crippen molar-refractivity contribution in [2.24, 2.45) is 0 Å². The molecule has 0 fully saturated rings. The molecule has 0 aliphatic heterocycles. The van der Waals surface area contributed by atoms with Gasteiger partial charge in [-0.2, -0.15) is 5.10 Å². The maximum absolute atomic E-state index is 5.48. The maximum Gasteiger partial charge on any atom is 0.192 e. The van der Waals surface area contributed by atoms with Gasteiger partial charge in [0.15, 0.2) is 11.5 Å². The molecule has 3 rings (SSSR count). The van der Waals surface area contributed by atoms with Crippen LogP contribution in [0, 0.1) is 6.92 Å². The fourth-order valence-electron chi connectivity index (χ4n) is 2.24. The Bertz CT molecular complexity index is 728. The molecule has 104 valence electrons. The average Bonchev–Trinajstić information content (AvgIpc) is 3.03. The van der Waals surface area contributed by atoms with Crippen LogP contribution in [-0.2, 0) is 6.54 Å². The Morgan fingerprint density at radius 1 is 1.40 bits per heavy atom. The first-order chi connectivity index (χ1) is 9.65. The highest BCUT2D eigenvalue weighted by Gasteiger charge is 2.09. The third-order valence-corrected chi connectivity index (χ3v) is 3.35. The van der Waals surface area contributed by atoms with Crippen LogP contribution in [0.3, 0.4) is 0 Å². The second kappa shape index (κ2) is 5.00. The molecule has 0 radical (unpaired) electrons. The molecule has 1 aromatic carbocycles. The molecule has 1 N–H and O–H groups in total. The number of benzene rings is 1. The van der Waals surface area contributed by atoms with Gasteiger partial charge in [0.1, 0.15) is 5.52 Å². The minimum atomic E-state index is 0.195. The third kappa shape index (κ3) is 2.39. The predicted octanol–water partition coefficient (Wildman–Crippen LogP) is 3.53. The van der Waals surface area contributed by atoms with Crippen LogP contribution in [0.4, 0.5) is 5.69 Å². The first-order valence-corrected chi connectivity index (χ1v) is 6.82. The first-order valence-electron chi connectivity index (χ1n) is 6.82. The lowest BCUT2D eigenvalue weighted by molar-refractivity contribution is 0.561. The van der Waals surface area contributed by atoms with Crippen molar-refractivity contribution in [2.75, 3.05) is 5.32 Å². The van der Waals surface area contributed by atoms with E-state index in [0.717, 1.165) is 23.3 Å². The van der Waals surface area contributed by atoms with Crippen molar-refractivity contribution in [3.05, 3.63) is 42.0 Å². The van der Waals surface area contributed by atoms with Gasteiger partial charge in [-0.25, -0.2) is 4.98 Å². The standard InChI is InChI=1S/C15H18N4O/c1-4-19-9-12(8-16-19)10(2)17-13-5-6-15-14(7-13)18-11(3)20-15/h5-10,17H,4H2,1-3H3. The summed E-state index contributed by atoms with van der Waals surface area (Å²) in [5, 5.41) is 7.76. The van der Waals surface area contributed by atoms with Crippen molar-refractivity contribution < 1.29 is 4.42 Å². The molecule has 2 heterocycles. The Balaban J connectivity index is 1.80. The fourth-order valence-corrected chi connectivity index (χ4v) is 2.24. The van der Waals surface area contributed by atoms with Crippen LogP contribution in [-0.4, -0.2) is 14.8 Å². The summed E-state index contributed by atoms with van der Waals surface area (Å²) in [5.74, 6) is 0.689. The van der Waals surface area contributed by atoms with Gasteiger partial charge in [0.25, 0.3) is 0 Å². The lowest BCUT2D eigenvalue weighted by Crippen LogP contribution is -2.05. The molecule has 0 bridgehead atoms. The lowest BCUT2D eigenvalue weighted by atomic mass is 10.2. The van der Waals surface area contributed by atoms with Crippen molar-refractivity contribution in [1.82, 2.24) is 14.8 Å². The van der Waals surface area contributed by atoms with Gasteiger partial charge in [-0.1, -0.05) is 0 Å². The Kier molecular flexibility index (Phi) is 3.18. The maximum atomic E-state index is 5.48. The smallest absolute Gasteiger partial charge is 0.192 e. The molecular formula is C15H18N4O. The Labute approximate surface area is 117 Å². The van der Waals surface area contributed by atoms with E-state index >= 15 is 0 Å². The summed E-state index contributed by atoms with van der Waals surface area (Å²) in [6.07, 6.45) is 3.97. The van der Waals surface area contributed by atoms with E-state index in [1.807, 2.05) is 36.0 Å². The summed E-state index contributed by atoms with van der Waals surface area (Å²) in [7, 11) is 0. The molecule has 5 nitrogen and oxygen atoms in total. The van der Waals surface area contributed by atoms with E-state index in [-0.39, 0.29) is 6.04 Å². The van der Waals surface area contributed by atoms with E-state index in [0.29, 0.717) is 5.89 Å². The lowest BCUT2D eigenvalue weighted by Gasteiger charge is -2.13. The average molecular weight is 270 g/mol. The van der Waals surface area contributed by atoms with E-state index in [2.05, 4.69) is 35.4 Å². The molecule has 0 saturated carbocycles. The first kappa shape index (κ1) is 12.7. The fraction of sp³-hybridized carbons (Fsp3) is 0.333. The van der Waals surface area contributed by atoms with Crippen LogP contribution < -0.4 is 5.32 Å². The number of oxazole rings is 1. The highest BCUT2D eigenvalue weighted by molar-refractivity contribution is 5.77. The van der Waals surface area contributed by atoms with Crippen molar-refractivity contribution in [2.45, 2.75) is 33.4 Å². The molecule has 0 saturated heterocycles. The highest BCUT2D eigenvalue weighted by Crippen LogP contribution is 2.23. The zero-order valence-electron chi connectivity index (χ0n) is 11.9. The summed E-state index contributed by atoms with van der Waals surface area (Å²) in [6, 6.07) is 6.15. The van der Waals surface area contributed by atoms with E-state index in [1.165, 1.54) is 5.56 Å². The zero-order valence-corrected chi connectivity index (χ0v) is 11.9. The van der Waals surface area contributed by atoms with Gasteiger partial charge < -0.3 is 9.73 Å². The van der Waals surface area contributed by atoms with Crippen LogP contribution in [0.2, 0.25) is 0 Å². The number of hydrogen-bond donors (Lipinski definition) is 1. The monoisotopic (exact) mass is 270 g/mol. The van der Waals surface area contributed by atoms with Crippen LogP contribution >= 0.6 is 0 Å². The van der Waals surface area contributed by atoms with Crippen molar-refractivity contribution >= 4 is 16.8 Å². The number of aromatic nitrogens is 3. The van der Waals surface area contributed by atoms with E-state index in [4.69, 9.17) is 4.42 Å². The number of rotatable bonds is 4. The second-order valence-corrected chi connectivity index (χ2v) is 4.91. The topological polar surface area (TPSA) is 55.9 Å². The van der Waals surface area contributed by atoms with Crippen molar-refractivity contribution in [3.8, 4) is 0 Å². The van der Waals surface area contributed by atoms with Gasteiger partial charge in [0.2, 0.25) is 0 Å². The van der Waals surface area contributed by atoms with E-state index in [1.54, 1.807) is 0 Å². The number of aryl methyl sites for hydroxylation is 2. The van der Waals surface area contributed by atoms with Crippen molar-refractivity contribution in [1.29, 1.82) is 0 Å².